The van der Waals surface area contributed by atoms with Crippen molar-refractivity contribution in [3.63, 3.8) is 0 Å². The van der Waals surface area contributed by atoms with Gasteiger partial charge in [0.15, 0.2) is 22.9 Å². The van der Waals surface area contributed by atoms with Crippen LogP contribution in [0.25, 0.3) is 5.69 Å². The van der Waals surface area contributed by atoms with Gasteiger partial charge in [0.2, 0.25) is 0 Å². The summed E-state index contributed by atoms with van der Waals surface area (Å²) in [5, 5.41) is 29.3. The summed E-state index contributed by atoms with van der Waals surface area (Å²) in [6.45, 7) is 1.88. The van der Waals surface area contributed by atoms with E-state index in [1.54, 1.807) is 19.1 Å². The maximum absolute atomic E-state index is 12.2. The minimum absolute atomic E-state index is 0.0925. The van der Waals surface area contributed by atoms with E-state index >= 15 is 0 Å². The third kappa shape index (κ3) is 2.98. The molecule has 1 heterocycles. The average Bonchev–Trinajstić information content (AvgIpc) is 2.84. The molecule has 0 saturated heterocycles. The molecule has 8 nitrogen and oxygen atoms in total. The first-order valence-corrected chi connectivity index (χ1v) is 7.13. The first-order valence-electron chi connectivity index (χ1n) is 7.13. The maximum Gasteiger partial charge on any atom is 0.359 e. The number of aromatic nitrogens is 1. The fourth-order valence-electron chi connectivity index (χ4n) is 2.19. The molecule has 8 heteroatoms. The van der Waals surface area contributed by atoms with E-state index in [-0.39, 0.29) is 12.3 Å². The molecule has 3 N–H and O–H groups in total. The van der Waals surface area contributed by atoms with Crippen LogP contribution in [0.1, 0.15) is 34.3 Å². The molecule has 0 spiro atoms. The van der Waals surface area contributed by atoms with Crippen LogP contribution in [0.3, 0.4) is 0 Å². The lowest BCUT2D eigenvalue weighted by molar-refractivity contribution is 0.0492. The molecule has 0 bridgehead atoms. The predicted molar refractivity (Wildman–Crippen MR) is 83.2 cm³/mol. The second kappa shape index (κ2) is 6.95. The van der Waals surface area contributed by atoms with Gasteiger partial charge in [0.1, 0.15) is 5.75 Å². The minimum atomic E-state index is -1.51. The summed E-state index contributed by atoms with van der Waals surface area (Å²) in [6.07, 6.45) is 0.549. The number of aromatic hydroxyl groups is 2. The number of methoxy groups -OCH3 is 1. The van der Waals surface area contributed by atoms with Gasteiger partial charge < -0.3 is 24.8 Å². The first-order chi connectivity index (χ1) is 11.4. The predicted octanol–water partition coefficient (Wildman–Crippen LogP) is 2.16. The quantitative estimate of drug-likeness (QED) is 0.692. The van der Waals surface area contributed by atoms with Crippen molar-refractivity contribution >= 4 is 11.9 Å². The lowest BCUT2D eigenvalue weighted by Gasteiger charge is -2.11. The molecular weight excluding hydrogens is 318 g/mol. The van der Waals surface area contributed by atoms with E-state index in [4.69, 9.17) is 9.47 Å². The summed E-state index contributed by atoms with van der Waals surface area (Å²) in [7, 11) is 1.47. The Kier molecular flexibility index (Phi) is 4.98. The Morgan fingerprint density at radius 2 is 1.67 bits per heavy atom. The molecule has 2 rings (SSSR count). The van der Waals surface area contributed by atoms with Gasteiger partial charge in [0, 0.05) is 5.69 Å². The molecule has 24 heavy (non-hydrogen) atoms. The van der Waals surface area contributed by atoms with Gasteiger partial charge in [-0.1, -0.05) is 6.92 Å². The molecule has 0 saturated carbocycles. The van der Waals surface area contributed by atoms with E-state index in [2.05, 4.69) is 0 Å². The minimum Gasteiger partial charge on any atom is -0.503 e. The normalized spacial score (nSPS) is 10.4. The summed E-state index contributed by atoms with van der Waals surface area (Å²) in [5.41, 5.74) is -0.850. The first kappa shape index (κ1) is 17.2. The molecule has 1 aromatic heterocycles. The SMILES string of the molecule is CCCOC(=O)c1c(O)c(O)c(C(=O)O)n1-c1ccc(OC)cc1. The standard InChI is InChI=1S/C16H17NO7/c1-3-8-24-16(22)12-14(19)13(18)11(15(20)21)17(12)9-4-6-10(23-2)7-5-9/h4-7,18-19H,3,8H2,1-2H3,(H,20,21). The molecule has 1 aromatic carbocycles. The van der Waals surface area contributed by atoms with E-state index in [1.165, 1.54) is 19.2 Å². The van der Waals surface area contributed by atoms with E-state index in [1.807, 2.05) is 0 Å². The van der Waals surface area contributed by atoms with Crippen LogP contribution < -0.4 is 4.74 Å². The number of carboxylic acids is 1. The molecule has 0 amide bonds. The number of rotatable bonds is 6. The van der Waals surface area contributed by atoms with Gasteiger partial charge in [0.25, 0.3) is 0 Å². The van der Waals surface area contributed by atoms with E-state index in [9.17, 15) is 24.9 Å². The van der Waals surface area contributed by atoms with Gasteiger partial charge in [-0.15, -0.1) is 0 Å². The van der Waals surface area contributed by atoms with Gasteiger partial charge in [-0.3, -0.25) is 4.57 Å². The summed E-state index contributed by atoms with van der Waals surface area (Å²) >= 11 is 0. The van der Waals surface area contributed by atoms with Gasteiger partial charge in [-0.2, -0.15) is 0 Å². The lowest BCUT2D eigenvalue weighted by Crippen LogP contribution is -2.15. The highest BCUT2D eigenvalue weighted by Crippen LogP contribution is 2.38. The molecule has 0 aliphatic rings. The third-order valence-electron chi connectivity index (χ3n) is 3.28. The Hall–Kier alpha value is -3.16. The summed E-state index contributed by atoms with van der Waals surface area (Å²) in [4.78, 5) is 23.7. The summed E-state index contributed by atoms with van der Waals surface area (Å²) in [5.74, 6) is -3.67. The van der Waals surface area contributed by atoms with Gasteiger partial charge in [-0.25, -0.2) is 9.59 Å². The molecule has 0 unspecified atom stereocenters. The van der Waals surface area contributed by atoms with Crippen molar-refractivity contribution in [1.82, 2.24) is 4.57 Å². The number of carbonyl (C=O) groups excluding carboxylic acids is 1. The van der Waals surface area contributed by atoms with E-state index in [0.717, 1.165) is 4.57 Å². The Bertz CT molecular complexity index is 762. The fourth-order valence-corrected chi connectivity index (χ4v) is 2.19. The van der Waals surface area contributed by atoms with E-state index in [0.29, 0.717) is 12.2 Å². The molecule has 0 aliphatic heterocycles. The van der Waals surface area contributed by atoms with Crippen LogP contribution in [0.2, 0.25) is 0 Å². The smallest absolute Gasteiger partial charge is 0.359 e. The van der Waals surface area contributed by atoms with Crippen molar-refractivity contribution in [1.29, 1.82) is 0 Å². The number of hydrogen-bond donors (Lipinski definition) is 3. The monoisotopic (exact) mass is 335 g/mol. The van der Waals surface area contributed by atoms with Crippen LogP contribution >= 0.6 is 0 Å². The number of esters is 1. The summed E-state index contributed by atoms with van der Waals surface area (Å²) < 4.78 is 10.9. The molecule has 0 aliphatic carbocycles. The second-order valence-electron chi connectivity index (χ2n) is 4.87. The van der Waals surface area contributed by atoms with Crippen LogP contribution in [0.4, 0.5) is 0 Å². The van der Waals surface area contributed by atoms with Crippen molar-refractivity contribution in [2.75, 3.05) is 13.7 Å². The zero-order chi connectivity index (χ0) is 17.9. The number of carbonyl (C=O) groups is 2. The van der Waals surface area contributed by atoms with Crippen molar-refractivity contribution in [3.8, 4) is 22.9 Å². The molecular formula is C16H17NO7. The highest BCUT2D eigenvalue weighted by molar-refractivity contribution is 5.99. The number of ether oxygens (including phenoxy) is 2. The molecule has 0 radical (unpaired) electrons. The molecule has 0 fully saturated rings. The topological polar surface area (TPSA) is 118 Å². The lowest BCUT2D eigenvalue weighted by atomic mass is 10.2. The highest BCUT2D eigenvalue weighted by Gasteiger charge is 2.32. The Labute approximate surface area is 137 Å². The zero-order valence-electron chi connectivity index (χ0n) is 13.1. The van der Waals surface area contributed by atoms with Gasteiger partial charge >= 0.3 is 11.9 Å². The van der Waals surface area contributed by atoms with E-state index < -0.39 is 34.8 Å². The van der Waals surface area contributed by atoms with Crippen molar-refractivity contribution < 1.29 is 34.4 Å². The Balaban J connectivity index is 2.67. The van der Waals surface area contributed by atoms with Gasteiger partial charge in [0.05, 0.1) is 13.7 Å². The number of nitrogens with zero attached hydrogens (tertiary/aromatic N) is 1. The maximum atomic E-state index is 12.2. The average molecular weight is 335 g/mol. The number of carboxylic acid groups (broad SMARTS) is 1. The van der Waals surface area contributed by atoms with Crippen LogP contribution in [0.5, 0.6) is 17.2 Å². The highest BCUT2D eigenvalue weighted by atomic mass is 16.5. The molecule has 0 atom stereocenters. The number of hydrogen-bond acceptors (Lipinski definition) is 6. The zero-order valence-corrected chi connectivity index (χ0v) is 13.1. The third-order valence-corrected chi connectivity index (χ3v) is 3.28. The van der Waals surface area contributed by atoms with Crippen LogP contribution in [0.15, 0.2) is 24.3 Å². The summed E-state index contributed by atoms with van der Waals surface area (Å²) in [6, 6.07) is 6.08. The second-order valence-corrected chi connectivity index (χ2v) is 4.87. The van der Waals surface area contributed by atoms with Crippen molar-refractivity contribution in [2.24, 2.45) is 0 Å². The van der Waals surface area contributed by atoms with Crippen molar-refractivity contribution in [3.05, 3.63) is 35.7 Å². The molecule has 128 valence electrons. The Morgan fingerprint density at radius 3 is 2.17 bits per heavy atom. The van der Waals surface area contributed by atoms with Crippen LogP contribution in [0, 0.1) is 0 Å². The molecule has 2 aromatic rings. The van der Waals surface area contributed by atoms with Crippen molar-refractivity contribution in [2.45, 2.75) is 13.3 Å². The van der Waals surface area contributed by atoms with Crippen LogP contribution in [-0.4, -0.2) is 45.5 Å². The largest absolute Gasteiger partial charge is 0.503 e. The number of benzene rings is 1. The number of aromatic carboxylic acids is 1. The van der Waals surface area contributed by atoms with Gasteiger partial charge in [-0.05, 0) is 30.7 Å². The van der Waals surface area contributed by atoms with Crippen LogP contribution in [-0.2, 0) is 4.74 Å². The fraction of sp³-hybridized carbons (Fsp3) is 0.250. The Morgan fingerprint density at radius 1 is 1.08 bits per heavy atom.